The molecule has 21 heavy (non-hydrogen) atoms. The van der Waals surface area contributed by atoms with Crippen molar-refractivity contribution in [2.75, 3.05) is 24.7 Å². The number of carbonyl (C=O) groups is 2. The first kappa shape index (κ1) is 17.5. The number of hydrogen-bond acceptors (Lipinski definition) is 5. The van der Waals surface area contributed by atoms with E-state index in [9.17, 15) is 9.59 Å². The van der Waals surface area contributed by atoms with Gasteiger partial charge in [-0.05, 0) is 30.7 Å². The maximum absolute atomic E-state index is 11.6. The van der Waals surface area contributed by atoms with Crippen LogP contribution in [0.15, 0.2) is 24.3 Å². The number of benzene rings is 1. The second-order valence-corrected chi connectivity index (χ2v) is 5.62. The van der Waals surface area contributed by atoms with Crippen LogP contribution in [0, 0.1) is 0 Å². The molecule has 1 aromatic carbocycles. The number of hydrogen-bond donors (Lipinski definition) is 2. The first-order valence-corrected chi connectivity index (χ1v) is 8.04. The summed E-state index contributed by atoms with van der Waals surface area (Å²) in [5.74, 6) is 1.31. The Balaban J connectivity index is 2.38. The molecule has 1 amide bonds. The number of thioether (sulfide) groups is 1. The van der Waals surface area contributed by atoms with Crippen LogP contribution in [0.3, 0.4) is 0 Å². The molecule has 0 spiro atoms. The molecule has 1 aromatic rings. The Labute approximate surface area is 129 Å². The van der Waals surface area contributed by atoms with E-state index in [0.29, 0.717) is 25.8 Å². The van der Waals surface area contributed by atoms with Crippen LogP contribution in [0.4, 0.5) is 5.69 Å². The molecule has 0 heterocycles. The lowest BCUT2D eigenvalue weighted by atomic mass is 10.2. The normalized spacial score (nSPS) is 10.2. The second kappa shape index (κ2) is 10.2. The molecule has 0 aromatic heterocycles. The molecule has 0 bridgehead atoms. The summed E-state index contributed by atoms with van der Waals surface area (Å²) in [5.41, 5.74) is 7.28. The van der Waals surface area contributed by atoms with Gasteiger partial charge < -0.3 is 15.8 Å². The van der Waals surface area contributed by atoms with Crippen LogP contribution in [0.1, 0.15) is 24.8 Å². The molecule has 0 aliphatic heterocycles. The van der Waals surface area contributed by atoms with Gasteiger partial charge in [0.15, 0.2) is 0 Å². The van der Waals surface area contributed by atoms with Crippen molar-refractivity contribution in [2.45, 2.75) is 25.0 Å². The van der Waals surface area contributed by atoms with Crippen LogP contribution in [0.25, 0.3) is 0 Å². The van der Waals surface area contributed by atoms with Crippen LogP contribution in [0.5, 0.6) is 0 Å². The molecular formula is C15H22N2O3S. The van der Waals surface area contributed by atoms with Gasteiger partial charge in [-0.2, -0.15) is 11.8 Å². The molecule has 3 N–H and O–H groups in total. The van der Waals surface area contributed by atoms with Gasteiger partial charge in [0, 0.05) is 23.6 Å². The summed E-state index contributed by atoms with van der Waals surface area (Å²) in [6.07, 6.45) is 1.54. The highest BCUT2D eigenvalue weighted by molar-refractivity contribution is 7.98. The Morgan fingerprint density at radius 2 is 2.14 bits per heavy atom. The van der Waals surface area contributed by atoms with Gasteiger partial charge in [-0.3, -0.25) is 9.59 Å². The van der Waals surface area contributed by atoms with Gasteiger partial charge in [0.25, 0.3) is 0 Å². The van der Waals surface area contributed by atoms with E-state index in [-0.39, 0.29) is 11.9 Å². The number of rotatable bonds is 9. The van der Waals surface area contributed by atoms with Crippen LogP contribution >= 0.6 is 11.8 Å². The number of methoxy groups -OCH3 is 1. The Morgan fingerprint density at radius 3 is 2.86 bits per heavy atom. The van der Waals surface area contributed by atoms with E-state index in [0.717, 1.165) is 22.8 Å². The molecule has 116 valence electrons. The summed E-state index contributed by atoms with van der Waals surface area (Å²) in [6.45, 7) is 0.518. The van der Waals surface area contributed by atoms with E-state index in [1.54, 1.807) is 11.8 Å². The highest BCUT2D eigenvalue weighted by Crippen LogP contribution is 2.17. The molecule has 0 fully saturated rings. The monoisotopic (exact) mass is 310 g/mol. The highest BCUT2D eigenvalue weighted by Gasteiger charge is 2.03. The van der Waals surface area contributed by atoms with Gasteiger partial charge >= 0.3 is 5.97 Å². The van der Waals surface area contributed by atoms with E-state index in [4.69, 9.17) is 5.73 Å². The second-order valence-electron chi connectivity index (χ2n) is 4.52. The van der Waals surface area contributed by atoms with E-state index in [2.05, 4.69) is 10.1 Å². The Kier molecular flexibility index (Phi) is 8.54. The van der Waals surface area contributed by atoms with Gasteiger partial charge in [-0.15, -0.1) is 0 Å². The SMILES string of the molecule is COC(=O)CCSCc1cccc(NC(=O)CCCN)c1. The van der Waals surface area contributed by atoms with E-state index >= 15 is 0 Å². The molecule has 5 nitrogen and oxygen atoms in total. The van der Waals surface area contributed by atoms with Gasteiger partial charge in [-0.1, -0.05) is 12.1 Å². The molecule has 0 saturated heterocycles. The largest absolute Gasteiger partial charge is 0.469 e. The third-order valence-corrected chi connectivity index (χ3v) is 3.80. The molecule has 0 radical (unpaired) electrons. The summed E-state index contributed by atoms with van der Waals surface area (Å²) in [7, 11) is 1.39. The third kappa shape index (κ3) is 7.72. The minimum absolute atomic E-state index is 0.0176. The van der Waals surface area contributed by atoms with Gasteiger partial charge in [-0.25, -0.2) is 0 Å². The highest BCUT2D eigenvalue weighted by atomic mass is 32.2. The lowest BCUT2D eigenvalue weighted by molar-refractivity contribution is -0.140. The smallest absolute Gasteiger partial charge is 0.306 e. The zero-order valence-corrected chi connectivity index (χ0v) is 13.1. The molecule has 0 saturated carbocycles. The summed E-state index contributed by atoms with van der Waals surface area (Å²) in [5, 5.41) is 2.86. The molecule has 0 aliphatic carbocycles. The molecule has 0 atom stereocenters. The minimum atomic E-state index is -0.191. The predicted octanol–water partition coefficient (Wildman–Crippen LogP) is 2.16. The quantitative estimate of drug-likeness (QED) is 0.539. The number of esters is 1. The number of ether oxygens (including phenoxy) is 1. The van der Waals surface area contributed by atoms with Crippen LogP contribution in [-0.2, 0) is 20.1 Å². The van der Waals surface area contributed by atoms with Crippen LogP contribution < -0.4 is 11.1 Å². The van der Waals surface area contributed by atoms with E-state index in [1.807, 2.05) is 24.3 Å². The van der Waals surface area contributed by atoms with Crippen molar-refractivity contribution in [2.24, 2.45) is 5.73 Å². The average Bonchev–Trinajstić information content (AvgIpc) is 2.49. The van der Waals surface area contributed by atoms with Crippen molar-refractivity contribution in [3.05, 3.63) is 29.8 Å². The fourth-order valence-corrected chi connectivity index (χ4v) is 2.54. The number of carbonyl (C=O) groups excluding carboxylic acids is 2. The van der Waals surface area contributed by atoms with Gasteiger partial charge in [0.05, 0.1) is 13.5 Å². The van der Waals surface area contributed by atoms with E-state index in [1.165, 1.54) is 7.11 Å². The number of nitrogens with two attached hydrogens (primary N) is 1. The Bertz CT molecular complexity index is 466. The van der Waals surface area contributed by atoms with Gasteiger partial charge in [0.1, 0.15) is 0 Å². The molecule has 6 heteroatoms. The first-order chi connectivity index (χ1) is 10.2. The molecule has 0 unspecified atom stereocenters. The predicted molar refractivity (Wildman–Crippen MR) is 86.2 cm³/mol. The molecule has 1 rings (SSSR count). The van der Waals surface area contributed by atoms with Crippen molar-refractivity contribution >= 4 is 29.3 Å². The Hall–Kier alpha value is -1.53. The lowest BCUT2D eigenvalue weighted by Crippen LogP contribution is -2.13. The summed E-state index contributed by atoms with van der Waals surface area (Å²) in [6, 6.07) is 7.73. The summed E-state index contributed by atoms with van der Waals surface area (Å²) in [4.78, 5) is 22.6. The first-order valence-electron chi connectivity index (χ1n) is 6.89. The zero-order chi connectivity index (χ0) is 15.5. The standard InChI is InChI=1S/C15H22N2O3S/c1-20-15(19)7-9-21-11-12-4-2-5-13(10-12)17-14(18)6-3-8-16/h2,4-5,10H,3,6-9,11,16H2,1H3,(H,17,18). The van der Waals surface area contributed by atoms with Crippen molar-refractivity contribution in [3.63, 3.8) is 0 Å². The average molecular weight is 310 g/mol. The zero-order valence-electron chi connectivity index (χ0n) is 12.3. The van der Waals surface area contributed by atoms with Crippen molar-refractivity contribution in [1.29, 1.82) is 0 Å². The topological polar surface area (TPSA) is 81.4 Å². The summed E-state index contributed by atoms with van der Waals surface area (Å²) >= 11 is 1.66. The van der Waals surface area contributed by atoms with Crippen molar-refractivity contribution in [1.82, 2.24) is 0 Å². The van der Waals surface area contributed by atoms with Crippen molar-refractivity contribution in [3.8, 4) is 0 Å². The number of nitrogens with one attached hydrogen (secondary N) is 1. The Morgan fingerprint density at radius 1 is 1.33 bits per heavy atom. The molecule has 0 aliphatic rings. The third-order valence-electron chi connectivity index (χ3n) is 2.77. The maximum atomic E-state index is 11.6. The lowest BCUT2D eigenvalue weighted by Gasteiger charge is -2.07. The fraction of sp³-hybridized carbons (Fsp3) is 0.467. The van der Waals surface area contributed by atoms with Crippen LogP contribution in [-0.4, -0.2) is 31.3 Å². The maximum Gasteiger partial charge on any atom is 0.306 e. The molecular weight excluding hydrogens is 288 g/mol. The minimum Gasteiger partial charge on any atom is -0.469 e. The number of amides is 1. The van der Waals surface area contributed by atoms with Gasteiger partial charge in [0.2, 0.25) is 5.91 Å². The van der Waals surface area contributed by atoms with E-state index < -0.39 is 0 Å². The van der Waals surface area contributed by atoms with Crippen molar-refractivity contribution < 1.29 is 14.3 Å². The van der Waals surface area contributed by atoms with Crippen LogP contribution in [0.2, 0.25) is 0 Å². The summed E-state index contributed by atoms with van der Waals surface area (Å²) < 4.78 is 4.59. The number of anilines is 1. The fourth-order valence-electron chi connectivity index (χ4n) is 1.67.